The quantitative estimate of drug-likeness (QED) is 0.347. The highest BCUT2D eigenvalue weighted by Crippen LogP contribution is 2.35. The van der Waals surface area contributed by atoms with Gasteiger partial charge in [0.15, 0.2) is 0 Å². The van der Waals surface area contributed by atoms with Gasteiger partial charge < -0.3 is 29.2 Å². The highest BCUT2D eigenvalue weighted by atomic mass is 19.4. The number of hydrogen-bond acceptors (Lipinski definition) is 7. The van der Waals surface area contributed by atoms with Crippen LogP contribution in [0.3, 0.4) is 0 Å². The number of benzene rings is 1. The first-order valence-electron chi connectivity index (χ1n) is 14.3. The summed E-state index contributed by atoms with van der Waals surface area (Å²) in [5.74, 6) is 0.504. The van der Waals surface area contributed by atoms with E-state index < -0.39 is 12.6 Å². The maximum Gasteiger partial charge on any atom is 0.393 e. The molecule has 1 amide bonds. The summed E-state index contributed by atoms with van der Waals surface area (Å²) < 4.78 is 46.2. The maximum absolute atomic E-state index is 13.4. The summed E-state index contributed by atoms with van der Waals surface area (Å²) in [6.45, 7) is 14.8. The fourth-order valence-electron chi connectivity index (χ4n) is 6.18. The number of anilines is 2. The number of piperazine rings is 1. The number of amides is 1. The molecule has 0 N–H and O–H groups in total. The van der Waals surface area contributed by atoms with Crippen LogP contribution in [0.2, 0.25) is 0 Å². The van der Waals surface area contributed by atoms with Crippen molar-refractivity contribution in [3.05, 3.63) is 65.2 Å². The molecular formula is C30H36F3N7O2. The van der Waals surface area contributed by atoms with Crippen LogP contribution in [-0.4, -0.2) is 96.9 Å². The summed E-state index contributed by atoms with van der Waals surface area (Å²) in [4.78, 5) is 33.6. The Bertz CT molecular complexity index is 1350. The fourth-order valence-corrected chi connectivity index (χ4v) is 6.18. The zero-order chi connectivity index (χ0) is 29.9. The predicted molar refractivity (Wildman–Crippen MR) is 154 cm³/mol. The van der Waals surface area contributed by atoms with Crippen molar-refractivity contribution in [3.8, 4) is 6.01 Å². The molecule has 0 saturated carbocycles. The summed E-state index contributed by atoms with van der Waals surface area (Å²) in [5, 5.41) is 0. The molecule has 1 aromatic carbocycles. The van der Waals surface area contributed by atoms with Crippen molar-refractivity contribution in [3.63, 3.8) is 0 Å². The van der Waals surface area contributed by atoms with E-state index in [1.807, 2.05) is 4.90 Å². The van der Waals surface area contributed by atoms with Crippen LogP contribution in [0, 0.1) is 6.57 Å². The average molecular weight is 584 g/mol. The van der Waals surface area contributed by atoms with Crippen LogP contribution < -0.4 is 14.5 Å². The molecule has 1 unspecified atom stereocenters. The van der Waals surface area contributed by atoms with Gasteiger partial charge in [-0.15, -0.1) is 0 Å². The van der Waals surface area contributed by atoms with Gasteiger partial charge in [-0.2, -0.15) is 23.1 Å². The molecule has 3 aliphatic rings. The van der Waals surface area contributed by atoms with Crippen LogP contribution in [0.25, 0.3) is 4.85 Å². The molecule has 9 nitrogen and oxygen atoms in total. The summed E-state index contributed by atoms with van der Waals surface area (Å²) in [6, 6.07) is 6.81. The van der Waals surface area contributed by atoms with Crippen molar-refractivity contribution in [1.29, 1.82) is 0 Å². The molecule has 224 valence electrons. The van der Waals surface area contributed by atoms with Crippen molar-refractivity contribution < 1.29 is 22.7 Å². The Morgan fingerprint density at radius 1 is 1.17 bits per heavy atom. The molecular weight excluding hydrogens is 547 g/mol. The highest BCUT2D eigenvalue weighted by molar-refractivity contribution is 5.87. The summed E-state index contributed by atoms with van der Waals surface area (Å²) in [6.07, 6.45) is -1.38. The fraction of sp³-hybridized carbons (Fsp3) is 0.533. The SMILES string of the molecule is [C-]#[N+]CC1CN(c2nc(OC[C@@H]3CCCN3C)nc3c2CCN(c2ccccc2CC(F)(F)F)C3)CCN1C(=O)C=C. The molecule has 2 fully saturated rings. The number of fused-ring (bicyclic) bond motifs is 1. The van der Waals surface area contributed by atoms with Gasteiger partial charge in [-0.3, -0.25) is 4.79 Å². The minimum atomic E-state index is -4.31. The normalized spacial score (nSPS) is 21.2. The van der Waals surface area contributed by atoms with E-state index in [2.05, 4.69) is 28.3 Å². The molecule has 4 heterocycles. The number of carbonyl (C=O) groups excluding carboxylic acids is 1. The third kappa shape index (κ3) is 6.62. The molecule has 0 bridgehead atoms. The Balaban J connectivity index is 1.46. The molecule has 1 aromatic heterocycles. The van der Waals surface area contributed by atoms with Crippen LogP contribution in [0.5, 0.6) is 6.01 Å². The minimum absolute atomic E-state index is 0.157. The highest BCUT2D eigenvalue weighted by Gasteiger charge is 2.36. The summed E-state index contributed by atoms with van der Waals surface area (Å²) in [7, 11) is 2.07. The smallest absolute Gasteiger partial charge is 0.393 e. The minimum Gasteiger partial charge on any atom is -0.462 e. The van der Waals surface area contributed by atoms with Crippen molar-refractivity contribution in [2.24, 2.45) is 0 Å². The monoisotopic (exact) mass is 583 g/mol. The largest absolute Gasteiger partial charge is 0.462 e. The number of rotatable bonds is 8. The predicted octanol–water partition coefficient (Wildman–Crippen LogP) is 3.74. The number of carbonyl (C=O) groups is 1. The van der Waals surface area contributed by atoms with E-state index >= 15 is 0 Å². The number of hydrogen-bond donors (Lipinski definition) is 0. The van der Waals surface area contributed by atoms with E-state index in [4.69, 9.17) is 21.3 Å². The number of halogens is 3. The van der Waals surface area contributed by atoms with Gasteiger partial charge in [0.25, 0.3) is 0 Å². The molecule has 2 saturated heterocycles. The lowest BCUT2D eigenvalue weighted by atomic mass is 10.0. The number of likely N-dealkylation sites (N-methyl/N-ethyl adjacent to an activating group) is 1. The zero-order valence-electron chi connectivity index (χ0n) is 23.8. The number of para-hydroxylation sites is 1. The van der Waals surface area contributed by atoms with Gasteiger partial charge in [-0.1, -0.05) is 24.8 Å². The number of likely N-dealkylation sites (tertiary alicyclic amines) is 1. The van der Waals surface area contributed by atoms with E-state index in [1.54, 1.807) is 23.1 Å². The standard InChI is InChI=1S/C30H36F3N7O2/c1-4-27(41)40-15-14-39(18-23(40)17-34-2)28-24-11-13-38(26-10-6-5-8-21(26)16-30(31,32)33)19-25(24)35-29(36-28)42-20-22-9-7-12-37(22)3/h4-6,8,10,22-23H,1,7,9,11-20H2,3H3/t22-,23?/m0/s1. The molecule has 12 heteroatoms. The molecule has 3 aliphatic heterocycles. The first-order valence-corrected chi connectivity index (χ1v) is 14.3. The van der Waals surface area contributed by atoms with Crippen molar-refractivity contribution in [1.82, 2.24) is 19.8 Å². The third-order valence-corrected chi connectivity index (χ3v) is 8.36. The van der Waals surface area contributed by atoms with Crippen LogP contribution >= 0.6 is 0 Å². The molecule has 42 heavy (non-hydrogen) atoms. The van der Waals surface area contributed by atoms with Gasteiger partial charge >= 0.3 is 12.2 Å². The van der Waals surface area contributed by atoms with Crippen LogP contribution in [-0.2, 0) is 24.2 Å². The average Bonchev–Trinajstić information content (AvgIpc) is 3.39. The van der Waals surface area contributed by atoms with E-state index in [0.717, 1.165) is 24.9 Å². The van der Waals surface area contributed by atoms with Gasteiger partial charge in [0, 0.05) is 43.5 Å². The van der Waals surface area contributed by atoms with Gasteiger partial charge in [0.1, 0.15) is 18.5 Å². The molecule has 0 aliphatic carbocycles. The number of aromatic nitrogens is 2. The Morgan fingerprint density at radius 3 is 2.69 bits per heavy atom. The van der Waals surface area contributed by atoms with Crippen LogP contribution in [0.15, 0.2) is 36.9 Å². The van der Waals surface area contributed by atoms with Gasteiger partial charge in [0.2, 0.25) is 12.5 Å². The Morgan fingerprint density at radius 2 is 1.98 bits per heavy atom. The van der Waals surface area contributed by atoms with Crippen molar-refractivity contribution in [2.75, 3.05) is 62.7 Å². The van der Waals surface area contributed by atoms with Gasteiger partial charge in [-0.25, -0.2) is 6.57 Å². The lowest BCUT2D eigenvalue weighted by Crippen LogP contribution is -2.56. The third-order valence-electron chi connectivity index (χ3n) is 8.36. The first kappa shape index (κ1) is 29.6. The zero-order valence-corrected chi connectivity index (χ0v) is 23.8. The second-order valence-electron chi connectivity index (χ2n) is 11.1. The lowest BCUT2D eigenvalue weighted by molar-refractivity contribution is -0.128. The summed E-state index contributed by atoms with van der Waals surface area (Å²) >= 11 is 0. The van der Waals surface area contributed by atoms with Gasteiger partial charge in [-0.05, 0) is 50.6 Å². The Hall–Kier alpha value is -3.85. The van der Waals surface area contributed by atoms with E-state index in [-0.39, 0.29) is 36.1 Å². The van der Waals surface area contributed by atoms with Crippen LogP contribution in [0.4, 0.5) is 24.7 Å². The van der Waals surface area contributed by atoms with E-state index in [9.17, 15) is 18.0 Å². The summed E-state index contributed by atoms with van der Waals surface area (Å²) in [5.41, 5.74) is 2.42. The Kier molecular flexibility index (Phi) is 8.87. The molecule has 2 aromatic rings. The Labute approximate surface area is 244 Å². The number of nitrogens with zero attached hydrogens (tertiary/aromatic N) is 7. The van der Waals surface area contributed by atoms with Gasteiger partial charge in [0.05, 0.1) is 18.7 Å². The molecule has 0 radical (unpaired) electrons. The van der Waals surface area contributed by atoms with E-state index in [1.165, 1.54) is 12.1 Å². The second kappa shape index (κ2) is 12.6. The number of alkyl halides is 3. The molecule has 0 spiro atoms. The number of ether oxygens (including phenoxy) is 1. The topological polar surface area (TPSA) is 69.4 Å². The second-order valence-corrected chi connectivity index (χ2v) is 11.1. The first-order chi connectivity index (χ1) is 20.2. The van der Waals surface area contributed by atoms with Crippen LogP contribution in [0.1, 0.15) is 29.7 Å². The molecule has 2 atom stereocenters. The van der Waals surface area contributed by atoms with Crippen molar-refractivity contribution >= 4 is 17.4 Å². The molecule has 5 rings (SSSR count). The maximum atomic E-state index is 13.4. The van der Waals surface area contributed by atoms with E-state index in [0.29, 0.717) is 63.0 Å². The lowest BCUT2D eigenvalue weighted by Gasteiger charge is -2.41. The van der Waals surface area contributed by atoms with Crippen molar-refractivity contribution in [2.45, 2.75) is 50.5 Å².